The zero-order chi connectivity index (χ0) is 15.6. The number of anilines is 1. The van der Waals surface area contributed by atoms with Gasteiger partial charge in [0.05, 0.1) is 17.1 Å². The van der Waals surface area contributed by atoms with Gasteiger partial charge in [-0.1, -0.05) is 20.3 Å². The van der Waals surface area contributed by atoms with E-state index in [1.54, 1.807) is 18.2 Å². The lowest BCUT2D eigenvalue weighted by atomic mass is 9.99. The van der Waals surface area contributed by atoms with E-state index in [1.807, 2.05) is 13.8 Å². The van der Waals surface area contributed by atoms with Crippen molar-refractivity contribution >= 4 is 22.6 Å². The fourth-order valence-corrected chi connectivity index (χ4v) is 1.95. The molecule has 1 heterocycles. The number of aromatic nitrogens is 2. The van der Waals surface area contributed by atoms with Crippen LogP contribution in [0.15, 0.2) is 18.2 Å². The zero-order valence-electron chi connectivity index (χ0n) is 11.9. The number of hydrogen-bond donors (Lipinski definition) is 3. The van der Waals surface area contributed by atoms with Crippen molar-refractivity contribution in [1.29, 1.82) is 0 Å². The number of aromatic amines is 1. The minimum Gasteiger partial charge on any atom is -0.337 e. The van der Waals surface area contributed by atoms with Crippen LogP contribution in [0.2, 0.25) is 0 Å². The number of benzene rings is 1. The summed E-state index contributed by atoms with van der Waals surface area (Å²) in [5, 5.41) is 2.69. The van der Waals surface area contributed by atoms with Gasteiger partial charge in [0.1, 0.15) is 0 Å². The molecule has 1 amide bonds. The van der Waals surface area contributed by atoms with Crippen LogP contribution in [0.25, 0.3) is 11.0 Å². The number of hydrogen-bond acceptors (Lipinski definition) is 3. The molecule has 0 bridgehead atoms. The number of alkyl halides is 2. The van der Waals surface area contributed by atoms with Gasteiger partial charge in [0.25, 0.3) is 6.43 Å². The van der Waals surface area contributed by atoms with Crippen molar-refractivity contribution in [3.8, 4) is 0 Å². The molecule has 21 heavy (non-hydrogen) atoms. The predicted octanol–water partition coefficient (Wildman–Crippen LogP) is 2.81. The molecule has 114 valence electrons. The average molecular weight is 296 g/mol. The fourth-order valence-electron chi connectivity index (χ4n) is 1.95. The van der Waals surface area contributed by atoms with E-state index >= 15 is 0 Å². The summed E-state index contributed by atoms with van der Waals surface area (Å²) in [6, 6.07) is 4.14. The Labute approximate surface area is 120 Å². The second-order valence-corrected chi connectivity index (χ2v) is 5.06. The minimum absolute atomic E-state index is 0.0614. The van der Waals surface area contributed by atoms with Gasteiger partial charge in [0.2, 0.25) is 5.91 Å². The Morgan fingerprint density at radius 2 is 2.19 bits per heavy atom. The molecule has 0 aliphatic heterocycles. The Balaban J connectivity index is 2.17. The molecule has 0 fully saturated rings. The second-order valence-electron chi connectivity index (χ2n) is 5.06. The van der Waals surface area contributed by atoms with Crippen molar-refractivity contribution in [3.63, 3.8) is 0 Å². The van der Waals surface area contributed by atoms with Crippen LogP contribution >= 0.6 is 0 Å². The molecule has 4 N–H and O–H groups in total. The highest BCUT2D eigenvalue weighted by atomic mass is 19.3. The third kappa shape index (κ3) is 3.36. The number of fused-ring (bicyclic) bond motifs is 1. The summed E-state index contributed by atoms with van der Waals surface area (Å²) in [6.45, 7) is 3.86. The first kappa shape index (κ1) is 15.4. The Morgan fingerprint density at radius 3 is 2.81 bits per heavy atom. The van der Waals surface area contributed by atoms with Gasteiger partial charge in [-0.3, -0.25) is 4.79 Å². The highest BCUT2D eigenvalue weighted by molar-refractivity contribution is 5.96. The maximum absolute atomic E-state index is 12.6. The van der Waals surface area contributed by atoms with Crippen LogP contribution in [0.3, 0.4) is 0 Å². The van der Waals surface area contributed by atoms with Gasteiger partial charge in [0.15, 0.2) is 5.82 Å². The standard InChI is InChI=1S/C14H18F2N4O/c1-3-7(2)11(17)14(21)18-8-4-5-9-10(6-8)20-13(19-9)12(15)16/h4-7,11-12H,3,17H2,1-2H3,(H,18,21)(H,19,20). The van der Waals surface area contributed by atoms with Crippen molar-refractivity contribution in [2.75, 3.05) is 5.32 Å². The number of amides is 1. The summed E-state index contributed by atoms with van der Waals surface area (Å²) < 4.78 is 25.1. The average Bonchev–Trinajstić information content (AvgIpc) is 2.89. The van der Waals surface area contributed by atoms with E-state index in [9.17, 15) is 13.6 Å². The van der Waals surface area contributed by atoms with Gasteiger partial charge < -0.3 is 16.0 Å². The molecule has 2 aromatic rings. The number of nitrogens with zero attached hydrogens (tertiary/aromatic N) is 1. The molecule has 1 aromatic heterocycles. The molecule has 2 rings (SSSR count). The van der Waals surface area contributed by atoms with E-state index in [0.29, 0.717) is 16.7 Å². The zero-order valence-corrected chi connectivity index (χ0v) is 11.9. The smallest absolute Gasteiger partial charge is 0.295 e. The number of H-pyrrole nitrogens is 1. The van der Waals surface area contributed by atoms with Gasteiger partial charge in [-0.2, -0.15) is 0 Å². The van der Waals surface area contributed by atoms with E-state index in [1.165, 1.54) is 0 Å². The van der Waals surface area contributed by atoms with Gasteiger partial charge in [-0.25, -0.2) is 13.8 Å². The summed E-state index contributed by atoms with van der Waals surface area (Å²) in [4.78, 5) is 18.3. The summed E-state index contributed by atoms with van der Waals surface area (Å²) in [7, 11) is 0. The van der Waals surface area contributed by atoms with Crippen molar-refractivity contribution in [2.24, 2.45) is 11.7 Å². The molecule has 2 unspecified atom stereocenters. The number of halogens is 2. The first-order valence-electron chi connectivity index (χ1n) is 6.76. The number of nitrogens with two attached hydrogens (primary N) is 1. The third-order valence-electron chi connectivity index (χ3n) is 3.53. The molecule has 0 saturated carbocycles. The first-order chi connectivity index (χ1) is 9.92. The molecule has 0 spiro atoms. The maximum atomic E-state index is 12.6. The lowest BCUT2D eigenvalue weighted by Gasteiger charge is -2.17. The van der Waals surface area contributed by atoms with Crippen molar-refractivity contribution in [3.05, 3.63) is 24.0 Å². The van der Waals surface area contributed by atoms with Gasteiger partial charge in [0, 0.05) is 5.69 Å². The second kappa shape index (κ2) is 6.17. The Kier molecular flexibility index (Phi) is 4.52. The van der Waals surface area contributed by atoms with Gasteiger partial charge in [-0.05, 0) is 24.1 Å². The Bertz CT molecular complexity index is 641. The molecule has 7 heteroatoms. The fraction of sp³-hybridized carbons (Fsp3) is 0.429. The number of imidazole rings is 1. The lowest BCUT2D eigenvalue weighted by molar-refractivity contribution is -0.118. The highest BCUT2D eigenvalue weighted by Gasteiger charge is 2.20. The molecular formula is C14H18F2N4O. The van der Waals surface area contributed by atoms with Gasteiger partial charge in [-0.15, -0.1) is 0 Å². The van der Waals surface area contributed by atoms with E-state index in [4.69, 9.17) is 5.73 Å². The first-order valence-corrected chi connectivity index (χ1v) is 6.76. The monoisotopic (exact) mass is 296 g/mol. The number of rotatable bonds is 5. The summed E-state index contributed by atoms with van der Waals surface area (Å²) >= 11 is 0. The molecule has 0 radical (unpaired) electrons. The molecule has 1 aromatic carbocycles. The van der Waals surface area contributed by atoms with Crippen molar-refractivity contribution in [1.82, 2.24) is 9.97 Å². The number of carbonyl (C=O) groups is 1. The maximum Gasteiger partial charge on any atom is 0.295 e. The number of carbonyl (C=O) groups excluding carboxylic acids is 1. The van der Waals surface area contributed by atoms with Crippen LogP contribution in [0.4, 0.5) is 14.5 Å². The van der Waals surface area contributed by atoms with Crippen LogP contribution < -0.4 is 11.1 Å². The molecule has 0 aliphatic rings. The van der Waals surface area contributed by atoms with E-state index in [-0.39, 0.29) is 17.6 Å². The topological polar surface area (TPSA) is 83.8 Å². The third-order valence-corrected chi connectivity index (χ3v) is 3.53. The molecule has 0 aliphatic carbocycles. The molecule has 0 saturated heterocycles. The number of nitrogens with one attached hydrogen (secondary N) is 2. The summed E-state index contributed by atoms with van der Waals surface area (Å²) in [6.07, 6.45) is -1.86. The summed E-state index contributed by atoms with van der Waals surface area (Å²) in [5.74, 6) is -0.617. The predicted molar refractivity (Wildman–Crippen MR) is 77.1 cm³/mol. The quantitative estimate of drug-likeness (QED) is 0.793. The van der Waals surface area contributed by atoms with Gasteiger partial charge >= 0.3 is 0 Å². The van der Waals surface area contributed by atoms with Crippen LogP contribution in [0, 0.1) is 5.92 Å². The molecule has 5 nitrogen and oxygen atoms in total. The lowest BCUT2D eigenvalue weighted by Crippen LogP contribution is -2.40. The van der Waals surface area contributed by atoms with Crippen molar-refractivity contribution in [2.45, 2.75) is 32.7 Å². The Morgan fingerprint density at radius 1 is 1.48 bits per heavy atom. The van der Waals surface area contributed by atoms with Crippen molar-refractivity contribution < 1.29 is 13.6 Å². The summed E-state index contributed by atoms with van der Waals surface area (Å²) in [5.41, 5.74) is 7.21. The SMILES string of the molecule is CCC(C)C(N)C(=O)Nc1ccc2nc(C(F)F)[nH]c2c1. The van der Waals surface area contributed by atoms with Crippen LogP contribution in [0.5, 0.6) is 0 Å². The minimum atomic E-state index is -2.66. The van der Waals surface area contributed by atoms with E-state index in [0.717, 1.165) is 6.42 Å². The van der Waals surface area contributed by atoms with E-state index in [2.05, 4.69) is 15.3 Å². The Hall–Kier alpha value is -2.02. The largest absolute Gasteiger partial charge is 0.337 e. The normalized spacial score (nSPS) is 14.4. The van der Waals surface area contributed by atoms with Crippen LogP contribution in [-0.2, 0) is 4.79 Å². The highest BCUT2D eigenvalue weighted by Crippen LogP contribution is 2.22. The van der Waals surface area contributed by atoms with Crippen LogP contribution in [-0.4, -0.2) is 21.9 Å². The molecular weight excluding hydrogens is 278 g/mol. The van der Waals surface area contributed by atoms with E-state index < -0.39 is 12.5 Å². The molecule has 2 atom stereocenters. The van der Waals surface area contributed by atoms with Crippen LogP contribution in [0.1, 0.15) is 32.5 Å².